The fourth-order valence-electron chi connectivity index (χ4n) is 1.74. The van der Waals surface area contributed by atoms with Crippen molar-refractivity contribution in [3.63, 3.8) is 0 Å². The average molecular weight is 290 g/mol. The SMILES string of the molecule is CC[C@@H](Oc1ccc(Cl)cc1)C(=O)Nc1ccccc1. The Kier molecular flexibility index (Phi) is 5.02. The van der Waals surface area contributed by atoms with Gasteiger partial charge in [-0.2, -0.15) is 0 Å². The molecule has 0 aliphatic heterocycles. The number of carbonyl (C=O) groups is 1. The van der Waals surface area contributed by atoms with Gasteiger partial charge in [-0.1, -0.05) is 36.7 Å². The monoisotopic (exact) mass is 289 g/mol. The maximum Gasteiger partial charge on any atom is 0.265 e. The molecule has 1 N–H and O–H groups in total. The number of para-hydroxylation sites is 1. The van der Waals surface area contributed by atoms with E-state index in [2.05, 4.69) is 5.32 Å². The molecule has 0 saturated heterocycles. The summed E-state index contributed by atoms with van der Waals surface area (Å²) in [7, 11) is 0. The van der Waals surface area contributed by atoms with Crippen molar-refractivity contribution in [2.45, 2.75) is 19.4 Å². The van der Waals surface area contributed by atoms with Gasteiger partial charge in [0, 0.05) is 10.7 Å². The van der Waals surface area contributed by atoms with Crippen LogP contribution in [0.15, 0.2) is 54.6 Å². The van der Waals surface area contributed by atoms with Crippen LogP contribution in [0.2, 0.25) is 5.02 Å². The first-order valence-corrected chi connectivity index (χ1v) is 6.85. The molecule has 0 spiro atoms. The van der Waals surface area contributed by atoms with E-state index in [0.717, 1.165) is 5.69 Å². The minimum absolute atomic E-state index is 0.159. The molecule has 2 aromatic carbocycles. The van der Waals surface area contributed by atoms with Crippen molar-refractivity contribution in [3.8, 4) is 5.75 Å². The zero-order chi connectivity index (χ0) is 14.4. The van der Waals surface area contributed by atoms with Crippen molar-refractivity contribution in [2.24, 2.45) is 0 Å². The molecule has 0 bridgehead atoms. The van der Waals surface area contributed by atoms with E-state index in [1.807, 2.05) is 37.3 Å². The molecule has 4 heteroatoms. The Morgan fingerprint density at radius 3 is 2.40 bits per heavy atom. The minimum atomic E-state index is -0.531. The van der Waals surface area contributed by atoms with Gasteiger partial charge in [0.2, 0.25) is 0 Å². The highest BCUT2D eigenvalue weighted by Crippen LogP contribution is 2.18. The van der Waals surface area contributed by atoms with E-state index >= 15 is 0 Å². The van der Waals surface area contributed by atoms with Crippen molar-refractivity contribution in [2.75, 3.05) is 5.32 Å². The third-order valence-electron chi connectivity index (χ3n) is 2.80. The van der Waals surface area contributed by atoms with Gasteiger partial charge in [-0.15, -0.1) is 0 Å². The summed E-state index contributed by atoms with van der Waals surface area (Å²) in [5.74, 6) is 0.470. The molecule has 0 aliphatic carbocycles. The molecular formula is C16H16ClNO2. The molecule has 1 amide bonds. The molecule has 1 atom stereocenters. The number of rotatable bonds is 5. The largest absolute Gasteiger partial charge is 0.481 e. The smallest absolute Gasteiger partial charge is 0.265 e. The predicted octanol–water partition coefficient (Wildman–Crippen LogP) is 4.14. The Labute approximate surface area is 123 Å². The molecule has 0 unspecified atom stereocenters. The normalized spacial score (nSPS) is 11.7. The first-order valence-electron chi connectivity index (χ1n) is 6.47. The lowest BCUT2D eigenvalue weighted by Crippen LogP contribution is -2.32. The standard InChI is InChI=1S/C16H16ClNO2/c1-2-15(20-14-10-8-12(17)9-11-14)16(19)18-13-6-4-3-5-7-13/h3-11,15H,2H2,1H3,(H,18,19)/t15-/m1/s1. The first-order chi connectivity index (χ1) is 9.69. The van der Waals surface area contributed by atoms with Gasteiger partial charge in [-0.25, -0.2) is 0 Å². The van der Waals surface area contributed by atoms with Crippen LogP contribution >= 0.6 is 11.6 Å². The lowest BCUT2D eigenvalue weighted by molar-refractivity contribution is -0.122. The van der Waals surface area contributed by atoms with Crippen molar-refractivity contribution < 1.29 is 9.53 Å². The maximum absolute atomic E-state index is 12.2. The second-order valence-electron chi connectivity index (χ2n) is 4.32. The van der Waals surface area contributed by atoms with E-state index in [-0.39, 0.29) is 5.91 Å². The molecule has 2 aromatic rings. The van der Waals surface area contributed by atoms with Crippen molar-refractivity contribution in [3.05, 3.63) is 59.6 Å². The van der Waals surface area contributed by atoms with Crippen LogP contribution < -0.4 is 10.1 Å². The van der Waals surface area contributed by atoms with Crippen LogP contribution in [0.1, 0.15) is 13.3 Å². The van der Waals surface area contributed by atoms with E-state index in [1.54, 1.807) is 24.3 Å². The van der Waals surface area contributed by atoms with Crippen LogP contribution in [0.4, 0.5) is 5.69 Å². The third kappa shape index (κ3) is 4.00. The van der Waals surface area contributed by atoms with Gasteiger partial charge in [0.25, 0.3) is 5.91 Å². The summed E-state index contributed by atoms with van der Waals surface area (Å²) < 4.78 is 5.68. The summed E-state index contributed by atoms with van der Waals surface area (Å²) in [6, 6.07) is 16.3. The number of nitrogens with one attached hydrogen (secondary N) is 1. The number of carbonyl (C=O) groups excluding carboxylic acids is 1. The highest BCUT2D eigenvalue weighted by Gasteiger charge is 2.18. The molecule has 2 rings (SSSR count). The van der Waals surface area contributed by atoms with Crippen LogP contribution in [0.3, 0.4) is 0 Å². The summed E-state index contributed by atoms with van der Waals surface area (Å²) >= 11 is 5.82. The van der Waals surface area contributed by atoms with Gasteiger partial charge >= 0.3 is 0 Å². The number of amides is 1. The van der Waals surface area contributed by atoms with Crippen LogP contribution in [-0.4, -0.2) is 12.0 Å². The van der Waals surface area contributed by atoms with Gasteiger partial charge in [-0.3, -0.25) is 4.79 Å². The van der Waals surface area contributed by atoms with Crippen LogP contribution in [0.25, 0.3) is 0 Å². The van der Waals surface area contributed by atoms with Crippen LogP contribution in [-0.2, 0) is 4.79 Å². The van der Waals surface area contributed by atoms with Gasteiger partial charge in [0.05, 0.1) is 0 Å². The topological polar surface area (TPSA) is 38.3 Å². The molecule has 0 saturated carbocycles. The number of hydrogen-bond acceptors (Lipinski definition) is 2. The van der Waals surface area contributed by atoms with Gasteiger partial charge in [-0.05, 0) is 42.8 Å². The molecule has 0 radical (unpaired) electrons. The molecule has 0 heterocycles. The molecule has 0 fully saturated rings. The zero-order valence-corrected chi connectivity index (χ0v) is 11.9. The quantitative estimate of drug-likeness (QED) is 0.898. The fraction of sp³-hybridized carbons (Fsp3) is 0.188. The van der Waals surface area contributed by atoms with Crippen molar-refractivity contribution >= 4 is 23.2 Å². The average Bonchev–Trinajstić information content (AvgIpc) is 2.47. The molecule has 3 nitrogen and oxygen atoms in total. The van der Waals surface area contributed by atoms with Crippen molar-refractivity contribution in [1.82, 2.24) is 0 Å². The summed E-state index contributed by atoms with van der Waals surface area (Å²) in [5.41, 5.74) is 0.760. The summed E-state index contributed by atoms with van der Waals surface area (Å²) in [6.07, 6.45) is 0.0535. The molecule has 20 heavy (non-hydrogen) atoms. The first kappa shape index (κ1) is 14.4. The number of benzene rings is 2. The van der Waals surface area contributed by atoms with E-state index in [9.17, 15) is 4.79 Å². The molecule has 0 aromatic heterocycles. The van der Waals surface area contributed by atoms with Gasteiger partial charge in [0.15, 0.2) is 6.10 Å². The highest BCUT2D eigenvalue weighted by molar-refractivity contribution is 6.30. The van der Waals surface area contributed by atoms with E-state index in [4.69, 9.17) is 16.3 Å². The Morgan fingerprint density at radius 1 is 1.15 bits per heavy atom. The summed E-state index contributed by atoms with van der Waals surface area (Å²) in [6.45, 7) is 1.91. The lowest BCUT2D eigenvalue weighted by Gasteiger charge is -2.17. The fourth-order valence-corrected chi connectivity index (χ4v) is 1.87. The van der Waals surface area contributed by atoms with Gasteiger partial charge in [0.1, 0.15) is 5.75 Å². The second kappa shape index (κ2) is 6.96. The minimum Gasteiger partial charge on any atom is -0.481 e. The van der Waals surface area contributed by atoms with Crippen LogP contribution in [0, 0.1) is 0 Å². The summed E-state index contributed by atoms with van der Waals surface area (Å²) in [5, 5.41) is 3.47. The number of halogens is 1. The third-order valence-corrected chi connectivity index (χ3v) is 3.05. The van der Waals surface area contributed by atoms with Crippen LogP contribution in [0.5, 0.6) is 5.75 Å². The molecular weight excluding hydrogens is 274 g/mol. The highest BCUT2D eigenvalue weighted by atomic mass is 35.5. The Hall–Kier alpha value is -2.00. The van der Waals surface area contributed by atoms with E-state index in [1.165, 1.54) is 0 Å². The predicted molar refractivity (Wildman–Crippen MR) is 81.2 cm³/mol. The van der Waals surface area contributed by atoms with E-state index in [0.29, 0.717) is 17.2 Å². The Morgan fingerprint density at radius 2 is 1.80 bits per heavy atom. The molecule has 0 aliphatic rings. The number of hydrogen-bond donors (Lipinski definition) is 1. The zero-order valence-electron chi connectivity index (χ0n) is 11.2. The number of anilines is 1. The lowest BCUT2D eigenvalue weighted by atomic mass is 10.2. The maximum atomic E-state index is 12.2. The molecule has 104 valence electrons. The Balaban J connectivity index is 2.00. The van der Waals surface area contributed by atoms with Crippen molar-refractivity contribution in [1.29, 1.82) is 0 Å². The number of ether oxygens (including phenoxy) is 1. The summed E-state index contributed by atoms with van der Waals surface area (Å²) in [4.78, 5) is 12.2. The Bertz CT molecular complexity index is 554. The second-order valence-corrected chi connectivity index (χ2v) is 4.76. The van der Waals surface area contributed by atoms with Gasteiger partial charge < -0.3 is 10.1 Å². The van der Waals surface area contributed by atoms with E-state index < -0.39 is 6.10 Å².